The monoisotopic (exact) mass is 288 g/mol. The van der Waals surface area contributed by atoms with Gasteiger partial charge in [-0.05, 0) is 31.5 Å². The number of ether oxygens (including phenoxy) is 1. The van der Waals surface area contributed by atoms with E-state index in [1.54, 1.807) is 6.20 Å². The van der Waals surface area contributed by atoms with Gasteiger partial charge in [-0.3, -0.25) is 0 Å². The molecule has 0 unspecified atom stereocenters. The first kappa shape index (κ1) is 13.4. The van der Waals surface area contributed by atoms with Gasteiger partial charge >= 0.3 is 0 Å². The molecule has 104 valence electrons. The maximum absolute atomic E-state index is 6.01. The standard InChI is InChI=1S/C16H17ClN2O/c1-16(2)15(12-6-4-3-5-7-12)19(11-20-16)13-8-9-18-14(17)10-13/h3-10,15H,11H2,1-2H3/t15-/m0/s1. The summed E-state index contributed by atoms with van der Waals surface area (Å²) in [4.78, 5) is 6.27. The van der Waals surface area contributed by atoms with E-state index >= 15 is 0 Å². The first-order valence-electron chi connectivity index (χ1n) is 6.65. The number of hydrogen-bond donors (Lipinski definition) is 0. The molecular weight excluding hydrogens is 272 g/mol. The second-order valence-corrected chi connectivity index (χ2v) is 5.88. The van der Waals surface area contributed by atoms with Crippen molar-refractivity contribution < 1.29 is 4.74 Å². The number of halogens is 1. The van der Waals surface area contributed by atoms with Gasteiger partial charge in [-0.15, -0.1) is 0 Å². The molecule has 0 spiro atoms. The predicted molar refractivity (Wildman–Crippen MR) is 80.9 cm³/mol. The van der Waals surface area contributed by atoms with E-state index in [1.165, 1.54) is 5.56 Å². The summed E-state index contributed by atoms with van der Waals surface area (Å²) in [5.41, 5.74) is 2.02. The van der Waals surface area contributed by atoms with Crippen molar-refractivity contribution in [1.82, 2.24) is 4.98 Å². The average molecular weight is 289 g/mol. The fraction of sp³-hybridized carbons (Fsp3) is 0.312. The highest BCUT2D eigenvalue weighted by atomic mass is 35.5. The topological polar surface area (TPSA) is 25.4 Å². The Labute approximate surface area is 124 Å². The zero-order chi connectivity index (χ0) is 14.2. The van der Waals surface area contributed by atoms with Crippen molar-refractivity contribution in [2.24, 2.45) is 0 Å². The number of hydrogen-bond acceptors (Lipinski definition) is 3. The van der Waals surface area contributed by atoms with Crippen molar-refractivity contribution in [3.63, 3.8) is 0 Å². The van der Waals surface area contributed by atoms with Gasteiger partial charge in [0.1, 0.15) is 11.9 Å². The number of nitrogens with zero attached hydrogens (tertiary/aromatic N) is 2. The molecule has 2 heterocycles. The SMILES string of the molecule is CC1(C)OCN(c2ccnc(Cl)c2)[C@H]1c1ccccc1. The minimum atomic E-state index is -0.253. The number of anilines is 1. The molecule has 0 radical (unpaired) electrons. The van der Waals surface area contributed by atoms with Crippen molar-refractivity contribution in [3.05, 3.63) is 59.4 Å². The van der Waals surface area contributed by atoms with Gasteiger partial charge in [-0.25, -0.2) is 4.98 Å². The summed E-state index contributed by atoms with van der Waals surface area (Å²) < 4.78 is 5.98. The normalized spacial score (nSPS) is 21.1. The summed E-state index contributed by atoms with van der Waals surface area (Å²) in [6.45, 7) is 4.79. The molecule has 1 saturated heterocycles. The minimum Gasteiger partial charge on any atom is -0.353 e. The molecule has 1 aromatic heterocycles. The van der Waals surface area contributed by atoms with E-state index in [4.69, 9.17) is 16.3 Å². The summed E-state index contributed by atoms with van der Waals surface area (Å²) in [7, 11) is 0. The Balaban J connectivity index is 2.03. The van der Waals surface area contributed by atoms with E-state index in [9.17, 15) is 0 Å². The van der Waals surface area contributed by atoms with Crippen LogP contribution in [0.4, 0.5) is 5.69 Å². The third-order valence-corrected chi connectivity index (χ3v) is 3.91. The average Bonchev–Trinajstić information content (AvgIpc) is 2.75. The Kier molecular flexibility index (Phi) is 3.40. The third kappa shape index (κ3) is 2.39. The Hall–Kier alpha value is -1.58. The molecule has 1 aliphatic rings. The van der Waals surface area contributed by atoms with E-state index in [2.05, 4.69) is 48.0 Å². The molecule has 0 bridgehead atoms. The predicted octanol–water partition coefficient (Wildman–Crippen LogP) is 4.05. The van der Waals surface area contributed by atoms with Crippen LogP contribution < -0.4 is 4.90 Å². The molecule has 20 heavy (non-hydrogen) atoms. The first-order chi connectivity index (χ1) is 9.58. The smallest absolute Gasteiger partial charge is 0.131 e. The molecule has 1 aliphatic heterocycles. The maximum Gasteiger partial charge on any atom is 0.131 e. The first-order valence-corrected chi connectivity index (χ1v) is 7.03. The van der Waals surface area contributed by atoms with Gasteiger partial charge in [0, 0.05) is 11.9 Å². The second-order valence-electron chi connectivity index (χ2n) is 5.50. The van der Waals surface area contributed by atoms with Crippen LogP contribution in [0, 0.1) is 0 Å². The Morgan fingerprint density at radius 3 is 2.70 bits per heavy atom. The van der Waals surface area contributed by atoms with E-state index < -0.39 is 0 Å². The summed E-state index contributed by atoms with van der Waals surface area (Å²) in [6.07, 6.45) is 1.73. The molecule has 0 aliphatic carbocycles. The number of rotatable bonds is 2. The second kappa shape index (κ2) is 5.08. The third-order valence-electron chi connectivity index (χ3n) is 3.70. The fourth-order valence-electron chi connectivity index (χ4n) is 2.78. The van der Waals surface area contributed by atoms with Gasteiger partial charge in [0.25, 0.3) is 0 Å². The number of pyridine rings is 1. The van der Waals surface area contributed by atoms with Crippen molar-refractivity contribution in [1.29, 1.82) is 0 Å². The van der Waals surface area contributed by atoms with Crippen LogP contribution in [-0.2, 0) is 4.74 Å². The lowest BCUT2D eigenvalue weighted by atomic mass is 9.91. The van der Waals surface area contributed by atoms with Crippen molar-refractivity contribution >= 4 is 17.3 Å². The lowest BCUT2D eigenvalue weighted by Crippen LogP contribution is -2.33. The zero-order valence-electron chi connectivity index (χ0n) is 11.6. The van der Waals surface area contributed by atoms with Gasteiger partial charge in [0.05, 0.1) is 11.6 Å². The molecule has 0 N–H and O–H groups in total. The van der Waals surface area contributed by atoms with Crippen LogP contribution >= 0.6 is 11.6 Å². The van der Waals surface area contributed by atoms with Crippen LogP contribution in [0.5, 0.6) is 0 Å². The van der Waals surface area contributed by atoms with Crippen LogP contribution in [0.2, 0.25) is 5.15 Å². The lowest BCUT2D eigenvalue weighted by Gasteiger charge is -2.31. The Bertz CT molecular complexity index is 600. The molecule has 3 rings (SSSR count). The Morgan fingerprint density at radius 2 is 2.00 bits per heavy atom. The highest BCUT2D eigenvalue weighted by molar-refractivity contribution is 6.29. The van der Waals surface area contributed by atoms with Crippen molar-refractivity contribution in [3.8, 4) is 0 Å². The summed E-state index contributed by atoms with van der Waals surface area (Å²) in [5, 5.41) is 0.499. The molecule has 2 aromatic rings. The quantitative estimate of drug-likeness (QED) is 0.780. The highest BCUT2D eigenvalue weighted by Crippen LogP contribution is 2.42. The molecule has 1 fully saturated rings. The van der Waals surface area contributed by atoms with Crippen LogP contribution in [0.15, 0.2) is 48.7 Å². The number of benzene rings is 1. The fourth-order valence-corrected chi connectivity index (χ4v) is 2.94. The summed E-state index contributed by atoms with van der Waals surface area (Å²) >= 11 is 6.01. The highest BCUT2D eigenvalue weighted by Gasteiger charge is 2.42. The largest absolute Gasteiger partial charge is 0.353 e. The van der Waals surface area contributed by atoms with Gasteiger partial charge in [0.2, 0.25) is 0 Å². The van der Waals surface area contributed by atoms with Gasteiger partial charge in [-0.2, -0.15) is 0 Å². The molecule has 0 amide bonds. The van der Waals surface area contributed by atoms with Crippen LogP contribution in [0.1, 0.15) is 25.5 Å². The van der Waals surface area contributed by atoms with Crippen LogP contribution in [0.25, 0.3) is 0 Å². The maximum atomic E-state index is 6.01. The van der Waals surface area contributed by atoms with Gasteiger partial charge < -0.3 is 9.64 Å². The van der Waals surface area contributed by atoms with Crippen molar-refractivity contribution in [2.75, 3.05) is 11.6 Å². The molecule has 4 heteroatoms. The lowest BCUT2D eigenvalue weighted by molar-refractivity contribution is 0.0271. The van der Waals surface area contributed by atoms with E-state index in [-0.39, 0.29) is 11.6 Å². The van der Waals surface area contributed by atoms with E-state index in [0.717, 1.165) is 5.69 Å². The van der Waals surface area contributed by atoms with Crippen LogP contribution in [0.3, 0.4) is 0 Å². The summed E-state index contributed by atoms with van der Waals surface area (Å²) in [6, 6.07) is 14.4. The molecule has 3 nitrogen and oxygen atoms in total. The zero-order valence-corrected chi connectivity index (χ0v) is 12.3. The van der Waals surface area contributed by atoms with Gasteiger partial charge in [-0.1, -0.05) is 41.9 Å². The molecule has 0 saturated carbocycles. The molecule has 1 atom stereocenters. The van der Waals surface area contributed by atoms with E-state index in [1.807, 2.05) is 18.2 Å². The van der Waals surface area contributed by atoms with E-state index in [0.29, 0.717) is 11.9 Å². The van der Waals surface area contributed by atoms with Crippen molar-refractivity contribution in [2.45, 2.75) is 25.5 Å². The minimum absolute atomic E-state index is 0.155. The molecule has 1 aromatic carbocycles. The van der Waals surface area contributed by atoms with Gasteiger partial charge in [0.15, 0.2) is 0 Å². The number of aromatic nitrogens is 1. The summed E-state index contributed by atoms with van der Waals surface area (Å²) in [5.74, 6) is 0. The Morgan fingerprint density at radius 1 is 1.25 bits per heavy atom. The molecular formula is C16H17ClN2O. The van der Waals surface area contributed by atoms with Crippen LogP contribution in [-0.4, -0.2) is 17.3 Å².